The molecule has 1 aromatic carbocycles. The minimum absolute atomic E-state index is 0.0766. The van der Waals surface area contributed by atoms with Crippen molar-refractivity contribution in [2.45, 2.75) is 6.54 Å². The highest BCUT2D eigenvalue weighted by Crippen LogP contribution is 2.12. The minimum Gasteiger partial charge on any atom is -0.481 e. The maximum Gasteiger partial charge on any atom is 0.313 e. The molecular weight excluding hydrogens is 290 g/mol. The third-order valence-corrected chi connectivity index (χ3v) is 3.49. The summed E-state index contributed by atoms with van der Waals surface area (Å²) in [5.41, 5.74) is 1.72. The first-order chi connectivity index (χ1) is 10.1. The van der Waals surface area contributed by atoms with E-state index in [9.17, 15) is 9.59 Å². The molecule has 0 saturated heterocycles. The van der Waals surface area contributed by atoms with Crippen LogP contribution in [0.15, 0.2) is 42.7 Å². The smallest absolute Gasteiger partial charge is 0.313 e. The van der Waals surface area contributed by atoms with E-state index < -0.39 is 5.97 Å². The van der Waals surface area contributed by atoms with Crippen molar-refractivity contribution in [2.24, 2.45) is 0 Å². The lowest BCUT2D eigenvalue weighted by molar-refractivity contribution is -0.133. The Bertz CT molecular complexity index is 614. The van der Waals surface area contributed by atoms with Crippen molar-refractivity contribution in [1.29, 1.82) is 0 Å². The van der Waals surface area contributed by atoms with Gasteiger partial charge in [-0.15, -0.1) is 11.8 Å². The number of rotatable bonds is 7. The van der Waals surface area contributed by atoms with Crippen LogP contribution in [-0.2, 0) is 16.1 Å². The molecule has 2 N–H and O–H groups in total. The van der Waals surface area contributed by atoms with Gasteiger partial charge in [0.15, 0.2) is 0 Å². The molecule has 1 heterocycles. The Morgan fingerprint density at radius 2 is 2.14 bits per heavy atom. The molecule has 1 aromatic heterocycles. The third-order valence-electron chi connectivity index (χ3n) is 2.57. The molecular formula is C14H15N3O3S. The van der Waals surface area contributed by atoms with Gasteiger partial charge in [-0.1, -0.05) is 12.1 Å². The summed E-state index contributed by atoms with van der Waals surface area (Å²) in [6.07, 6.45) is 3.58. The molecule has 0 spiro atoms. The minimum atomic E-state index is -0.922. The predicted octanol–water partition coefficient (Wildman–Crippen LogP) is 1.69. The van der Waals surface area contributed by atoms with E-state index in [0.717, 1.165) is 17.3 Å². The fourth-order valence-electron chi connectivity index (χ4n) is 1.76. The van der Waals surface area contributed by atoms with Crippen LogP contribution in [0.2, 0.25) is 0 Å². The molecule has 2 aromatic rings. The summed E-state index contributed by atoms with van der Waals surface area (Å²) in [5, 5.41) is 15.4. The molecule has 110 valence electrons. The zero-order valence-corrected chi connectivity index (χ0v) is 12.0. The number of aromatic nitrogens is 2. The zero-order valence-electron chi connectivity index (χ0n) is 11.2. The number of aliphatic carboxylic acids is 1. The van der Waals surface area contributed by atoms with Gasteiger partial charge in [0.2, 0.25) is 5.91 Å². The van der Waals surface area contributed by atoms with Crippen LogP contribution in [0.5, 0.6) is 0 Å². The number of amides is 1. The summed E-state index contributed by atoms with van der Waals surface area (Å²) in [7, 11) is 0. The Balaban J connectivity index is 1.88. The standard InChI is InChI=1S/C14H15N3O3S/c18-13(9-21-10-14(19)20)16-12-4-1-3-11(7-12)8-17-6-2-5-15-17/h1-7H,8-10H2,(H,16,18)(H,19,20). The quantitative estimate of drug-likeness (QED) is 0.813. The summed E-state index contributed by atoms with van der Waals surface area (Å²) in [6.45, 7) is 0.629. The van der Waals surface area contributed by atoms with Crippen molar-refractivity contribution in [3.63, 3.8) is 0 Å². The number of benzene rings is 1. The molecule has 7 heteroatoms. The van der Waals surface area contributed by atoms with Gasteiger partial charge in [-0.3, -0.25) is 14.3 Å². The highest BCUT2D eigenvalue weighted by Gasteiger charge is 2.05. The summed E-state index contributed by atoms with van der Waals surface area (Å²) < 4.78 is 1.80. The van der Waals surface area contributed by atoms with Crippen molar-refractivity contribution in [2.75, 3.05) is 16.8 Å². The first kappa shape index (κ1) is 15.1. The van der Waals surface area contributed by atoms with Gasteiger partial charge in [-0.2, -0.15) is 5.10 Å². The van der Waals surface area contributed by atoms with Gasteiger partial charge in [0.05, 0.1) is 18.1 Å². The van der Waals surface area contributed by atoms with E-state index in [2.05, 4.69) is 10.4 Å². The fourth-order valence-corrected chi connectivity index (χ4v) is 2.29. The second-order valence-electron chi connectivity index (χ2n) is 4.34. The molecule has 2 rings (SSSR count). The molecule has 0 atom stereocenters. The molecule has 0 radical (unpaired) electrons. The van der Waals surface area contributed by atoms with Gasteiger partial charge < -0.3 is 10.4 Å². The second-order valence-corrected chi connectivity index (χ2v) is 5.32. The van der Waals surface area contributed by atoms with E-state index >= 15 is 0 Å². The number of thioether (sulfide) groups is 1. The highest BCUT2D eigenvalue weighted by molar-refractivity contribution is 8.00. The Hall–Kier alpha value is -2.28. The van der Waals surface area contributed by atoms with Crippen LogP contribution in [-0.4, -0.2) is 38.3 Å². The zero-order chi connectivity index (χ0) is 15.1. The van der Waals surface area contributed by atoms with Gasteiger partial charge >= 0.3 is 5.97 Å². The van der Waals surface area contributed by atoms with Crippen LogP contribution in [0, 0.1) is 0 Å². The van der Waals surface area contributed by atoms with Crippen molar-refractivity contribution in [3.05, 3.63) is 48.3 Å². The highest BCUT2D eigenvalue weighted by atomic mass is 32.2. The van der Waals surface area contributed by atoms with Gasteiger partial charge in [0, 0.05) is 18.1 Å². The maximum atomic E-state index is 11.7. The number of nitrogens with zero attached hydrogens (tertiary/aromatic N) is 2. The van der Waals surface area contributed by atoms with E-state index in [1.807, 2.05) is 30.5 Å². The Kier molecular flexibility index (Phi) is 5.39. The SMILES string of the molecule is O=C(O)CSCC(=O)Nc1cccc(Cn2cccn2)c1. The molecule has 1 amide bonds. The van der Waals surface area contributed by atoms with Crippen molar-refractivity contribution < 1.29 is 14.7 Å². The third kappa shape index (κ3) is 5.31. The van der Waals surface area contributed by atoms with Gasteiger partial charge in [0.1, 0.15) is 0 Å². The van der Waals surface area contributed by atoms with Crippen LogP contribution < -0.4 is 5.32 Å². The Morgan fingerprint density at radius 3 is 2.86 bits per heavy atom. The van der Waals surface area contributed by atoms with E-state index in [-0.39, 0.29) is 17.4 Å². The number of hydrogen-bond donors (Lipinski definition) is 2. The molecule has 21 heavy (non-hydrogen) atoms. The lowest BCUT2D eigenvalue weighted by Crippen LogP contribution is -2.15. The molecule has 0 aliphatic heterocycles. The Morgan fingerprint density at radius 1 is 1.29 bits per heavy atom. The molecule has 6 nitrogen and oxygen atoms in total. The van der Waals surface area contributed by atoms with Gasteiger partial charge in [-0.25, -0.2) is 0 Å². The van der Waals surface area contributed by atoms with Gasteiger partial charge in [-0.05, 0) is 23.8 Å². The van der Waals surface area contributed by atoms with E-state index in [4.69, 9.17) is 5.11 Å². The first-order valence-corrected chi connectivity index (χ1v) is 7.45. The van der Waals surface area contributed by atoms with Crippen molar-refractivity contribution in [3.8, 4) is 0 Å². The number of carboxylic acid groups (broad SMARTS) is 1. The average Bonchev–Trinajstić information content (AvgIpc) is 2.91. The number of hydrogen-bond acceptors (Lipinski definition) is 4. The lowest BCUT2D eigenvalue weighted by Gasteiger charge is -2.07. The van der Waals surface area contributed by atoms with E-state index in [1.54, 1.807) is 16.9 Å². The number of carbonyl (C=O) groups is 2. The van der Waals surface area contributed by atoms with E-state index in [0.29, 0.717) is 12.2 Å². The number of carbonyl (C=O) groups excluding carboxylic acids is 1. The van der Waals surface area contributed by atoms with Gasteiger partial charge in [0.25, 0.3) is 0 Å². The average molecular weight is 305 g/mol. The fraction of sp³-hybridized carbons (Fsp3) is 0.214. The van der Waals surface area contributed by atoms with Crippen LogP contribution in [0.25, 0.3) is 0 Å². The molecule has 0 fully saturated rings. The van der Waals surface area contributed by atoms with Crippen LogP contribution in [0.3, 0.4) is 0 Å². The van der Waals surface area contributed by atoms with Crippen LogP contribution >= 0.6 is 11.8 Å². The largest absolute Gasteiger partial charge is 0.481 e. The second kappa shape index (κ2) is 7.49. The predicted molar refractivity (Wildman–Crippen MR) is 81.4 cm³/mol. The normalized spacial score (nSPS) is 10.3. The van der Waals surface area contributed by atoms with Crippen LogP contribution in [0.1, 0.15) is 5.56 Å². The Labute approximate surface area is 126 Å². The number of anilines is 1. The monoisotopic (exact) mass is 305 g/mol. The molecule has 0 unspecified atom stereocenters. The van der Waals surface area contributed by atoms with E-state index in [1.165, 1.54) is 0 Å². The van der Waals surface area contributed by atoms with Crippen LogP contribution in [0.4, 0.5) is 5.69 Å². The number of carboxylic acids is 1. The molecule has 0 aliphatic carbocycles. The van der Waals surface area contributed by atoms with Crippen molar-refractivity contribution in [1.82, 2.24) is 9.78 Å². The summed E-state index contributed by atoms with van der Waals surface area (Å²) in [6, 6.07) is 9.34. The molecule has 0 aliphatic rings. The first-order valence-electron chi connectivity index (χ1n) is 6.29. The topological polar surface area (TPSA) is 84.2 Å². The maximum absolute atomic E-state index is 11.7. The summed E-state index contributed by atoms with van der Waals surface area (Å²) >= 11 is 1.07. The number of nitrogens with one attached hydrogen (secondary N) is 1. The summed E-state index contributed by atoms with van der Waals surface area (Å²) in [5.74, 6) is -1.09. The van der Waals surface area contributed by atoms with Crippen molar-refractivity contribution >= 4 is 29.3 Å². The molecule has 0 bridgehead atoms. The lowest BCUT2D eigenvalue weighted by atomic mass is 10.2. The summed E-state index contributed by atoms with van der Waals surface area (Å²) in [4.78, 5) is 22.1. The molecule has 0 saturated carbocycles.